The number of aryl methyl sites for hydroxylation is 1. The van der Waals surface area contributed by atoms with Crippen LogP contribution in [0.2, 0.25) is 0 Å². The lowest BCUT2D eigenvalue weighted by molar-refractivity contribution is -0.385. The lowest BCUT2D eigenvalue weighted by Gasteiger charge is -2.17. The fraction of sp³-hybridized carbons (Fsp3) is 0.400. The summed E-state index contributed by atoms with van der Waals surface area (Å²) in [6, 6.07) is 1.22. The third-order valence-electron chi connectivity index (χ3n) is 2.37. The van der Waals surface area contributed by atoms with E-state index in [1.165, 1.54) is 13.0 Å². The molecule has 1 aromatic rings. The molecule has 0 fully saturated rings. The summed E-state index contributed by atoms with van der Waals surface area (Å²) in [6.45, 7) is 1.51. The van der Waals surface area contributed by atoms with Crippen LogP contribution in [0, 0.1) is 17.0 Å². The van der Waals surface area contributed by atoms with E-state index >= 15 is 0 Å². The molecule has 0 saturated carbocycles. The highest BCUT2D eigenvalue weighted by atomic mass is 16.6. The molecular formula is C10H13N3O5. The summed E-state index contributed by atoms with van der Waals surface area (Å²) in [5.41, 5.74) is 5.10. The lowest BCUT2D eigenvalue weighted by atomic mass is 10.0. The Balaban J connectivity index is 2.96. The minimum absolute atomic E-state index is 0.0781. The van der Waals surface area contributed by atoms with Crippen LogP contribution in [0.25, 0.3) is 0 Å². The molecule has 8 nitrogen and oxygen atoms in total. The number of pyridine rings is 1. The van der Waals surface area contributed by atoms with Crippen molar-refractivity contribution < 1.29 is 19.9 Å². The van der Waals surface area contributed by atoms with Gasteiger partial charge < -0.3 is 15.9 Å². The van der Waals surface area contributed by atoms with Gasteiger partial charge in [0.05, 0.1) is 23.1 Å². The van der Waals surface area contributed by atoms with Gasteiger partial charge in [0.2, 0.25) is 5.91 Å². The molecule has 0 spiro atoms. The number of primary amides is 1. The Morgan fingerprint density at radius 2 is 2.22 bits per heavy atom. The largest absolute Gasteiger partial charge is 0.389 e. The van der Waals surface area contributed by atoms with E-state index < -0.39 is 29.5 Å². The molecule has 0 aliphatic rings. The Hall–Kier alpha value is -2.06. The number of nitrogens with two attached hydrogens (primary N) is 1. The fourth-order valence-electron chi connectivity index (χ4n) is 1.48. The van der Waals surface area contributed by atoms with Crippen molar-refractivity contribution in [1.82, 2.24) is 4.98 Å². The van der Waals surface area contributed by atoms with Crippen LogP contribution in [-0.4, -0.2) is 32.1 Å². The minimum atomic E-state index is -1.42. The number of nitro groups is 1. The van der Waals surface area contributed by atoms with E-state index in [1.54, 1.807) is 0 Å². The maximum absolute atomic E-state index is 10.6. The number of aromatic nitrogens is 1. The highest BCUT2D eigenvalue weighted by Gasteiger charge is 2.24. The van der Waals surface area contributed by atoms with Crippen molar-refractivity contribution in [2.45, 2.75) is 25.6 Å². The van der Waals surface area contributed by atoms with Crippen LogP contribution in [0.4, 0.5) is 5.69 Å². The van der Waals surface area contributed by atoms with E-state index in [2.05, 4.69) is 4.98 Å². The second kappa shape index (κ2) is 5.52. The number of amides is 1. The van der Waals surface area contributed by atoms with Gasteiger partial charge in [0.1, 0.15) is 12.3 Å². The van der Waals surface area contributed by atoms with Crippen LogP contribution in [0.1, 0.15) is 23.8 Å². The SMILES string of the molecule is Cc1cc([N+](=O)[O-])cnc1C(O)C(O)CC(N)=O. The van der Waals surface area contributed by atoms with Gasteiger partial charge in [-0.3, -0.25) is 19.9 Å². The van der Waals surface area contributed by atoms with Gasteiger partial charge in [0.15, 0.2) is 0 Å². The molecule has 18 heavy (non-hydrogen) atoms. The summed E-state index contributed by atoms with van der Waals surface area (Å²) in [4.78, 5) is 24.2. The van der Waals surface area contributed by atoms with Gasteiger partial charge in [-0.15, -0.1) is 0 Å². The lowest BCUT2D eigenvalue weighted by Crippen LogP contribution is -2.26. The number of hydrogen-bond donors (Lipinski definition) is 3. The Kier molecular flexibility index (Phi) is 4.29. The summed E-state index contributed by atoms with van der Waals surface area (Å²) in [6.07, 6.45) is -2.25. The van der Waals surface area contributed by atoms with E-state index in [9.17, 15) is 25.1 Å². The Labute approximate surface area is 102 Å². The maximum Gasteiger partial charge on any atom is 0.287 e. The van der Waals surface area contributed by atoms with Crippen LogP contribution in [-0.2, 0) is 4.79 Å². The summed E-state index contributed by atoms with van der Waals surface area (Å²) in [5, 5.41) is 29.8. The summed E-state index contributed by atoms with van der Waals surface area (Å²) in [7, 11) is 0. The monoisotopic (exact) mass is 255 g/mol. The zero-order chi connectivity index (χ0) is 13.9. The first-order valence-electron chi connectivity index (χ1n) is 5.08. The smallest absolute Gasteiger partial charge is 0.287 e. The normalized spacial score (nSPS) is 13.9. The summed E-state index contributed by atoms with van der Waals surface area (Å²) in [5.74, 6) is -0.763. The van der Waals surface area contributed by atoms with Crippen molar-refractivity contribution >= 4 is 11.6 Å². The first-order valence-corrected chi connectivity index (χ1v) is 5.08. The van der Waals surface area contributed by atoms with Gasteiger partial charge in [-0.25, -0.2) is 0 Å². The van der Waals surface area contributed by atoms with Crippen molar-refractivity contribution in [2.24, 2.45) is 5.73 Å². The van der Waals surface area contributed by atoms with Gasteiger partial charge in [0, 0.05) is 6.07 Å². The number of nitrogens with zero attached hydrogens (tertiary/aromatic N) is 2. The molecule has 8 heteroatoms. The van der Waals surface area contributed by atoms with E-state index in [0.717, 1.165) is 6.20 Å². The molecule has 1 heterocycles. The van der Waals surface area contributed by atoms with Crippen molar-refractivity contribution in [3.63, 3.8) is 0 Å². The molecule has 4 N–H and O–H groups in total. The van der Waals surface area contributed by atoms with Gasteiger partial charge in [-0.05, 0) is 12.5 Å². The number of rotatable bonds is 5. The maximum atomic E-state index is 10.6. The molecule has 0 radical (unpaired) electrons. The fourth-order valence-corrected chi connectivity index (χ4v) is 1.48. The summed E-state index contributed by atoms with van der Waals surface area (Å²) < 4.78 is 0. The molecule has 98 valence electrons. The molecule has 1 aromatic heterocycles. The number of aliphatic hydroxyl groups is 2. The molecule has 2 unspecified atom stereocenters. The molecule has 0 aliphatic heterocycles. The number of hydrogen-bond acceptors (Lipinski definition) is 6. The quantitative estimate of drug-likeness (QED) is 0.481. The van der Waals surface area contributed by atoms with Crippen molar-refractivity contribution in [3.8, 4) is 0 Å². The van der Waals surface area contributed by atoms with Gasteiger partial charge in [-0.2, -0.15) is 0 Å². The molecule has 2 atom stereocenters. The van der Waals surface area contributed by atoms with Gasteiger partial charge in [0.25, 0.3) is 5.69 Å². The first-order chi connectivity index (χ1) is 8.32. The van der Waals surface area contributed by atoms with Crippen LogP contribution in [0.3, 0.4) is 0 Å². The highest BCUT2D eigenvalue weighted by Crippen LogP contribution is 2.23. The van der Waals surface area contributed by atoms with Crippen molar-refractivity contribution in [3.05, 3.63) is 33.6 Å². The second-order valence-electron chi connectivity index (χ2n) is 3.84. The number of carbonyl (C=O) groups is 1. The molecule has 1 amide bonds. The third-order valence-corrected chi connectivity index (χ3v) is 2.37. The summed E-state index contributed by atoms with van der Waals surface area (Å²) >= 11 is 0. The van der Waals surface area contributed by atoms with E-state index in [1.807, 2.05) is 0 Å². The van der Waals surface area contributed by atoms with Crippen LogP contribution in [0.15, 0.2) is 12.3 Å². The highest BCUT2D eigenvalue weighted by molar-refractivity contribution is 5.74. The van der Waals surface area contributed by atoms with Gasteiger partial charge in [-0.1, -0.05) is 0 Å². The Morgan fingerprint density at radius 3 is 2.67 bits per heavy atom. The number of aliphatic hydroxyl groups excluding tert-OH is 2. The predicted molar refractivity (Wildman–Crippen MR) is 60.4 cm³/mol. The molecule has 0 aliphatic carbocycles. The third kappa shape index (κ3) is 3.22. The molecular weight excluding hydrogens is 242 g/mol. The predicted octanol–water partition coefficient (Wildman–Crippen LogP) is -0.432. The average Bonchev–Trinajstić information content (AvgIpc) is 2.26. The first kappa shape index (κ1) is 14.0. The molecule has 0 bridgehead atoms. The molecule has 0 aromatic carbocycles. The average molecular weight is 255 g/mol. The van der Waals surface area contributed by atoms with E-state index in [-0.39, 0.29) is 11.4 Å². The Morgan fingerprint density at radius 1 is 1.61 bits per heavy atom. The van der Waals surface area contributed by atoms with E-state index in [0.29, 0.717) is 5.56 Å². The van der Waals surface area contributed by atoms with E-state index in [4.69, 9.17) is 5.73 Å². The van der Waals surface area contributed by atoms with Gasteiger partial charge >= 0.3 is 0 Å². The zero-order valence-corrected chi connectivity index (χ0v) is 9.61. The molecule has 1 rings (SSSR count). The molecule has 0 saturated heterocycles. The Bertz CT molecular complexity index is 477. The topological polar surface area (TPSA) is 140 Å². The number of carbonyl (C=O) groups excluding carboxylic acids is 1. The second-order valence-corrected chi connectivity index (χ2v) is 3.84. The van der Waals surface area contributed by atoms with Crippen LogP contribution in [0.5, 0.6) is 0 Å². The standard InChI is InChI=1S/C10H13N3O5/c1-5-2-6(13(17)18)4-12-9(5)10(16)7(14)3-8(11)15/h2,4,7,10,14,16H,3H2,1H3,(H2,11,15). The van der Waals surface area contributed by atoms with Crippen LogP contribution >= 0.6 is 0 Å². The van der Waals surface area contributed by atoms with Crippen molar-refractivity contribution in [1.29, 1.82) is 0 Å². The minimum Gasteiger partial charge on any atom is -0.389 e. The van der Waals surface area contributed by atoms with Crippen LogP contribution < -0.4 is 5.73 Å². The van der Waals surface area contributed by atoms with Crippen molar-refractivity contribution in [2.75, 3.05) is 0 Å². The zero-order valence-electron chi connectivity index (χ0n) is 9.61.